The van der Waals surface area contributed by atoms with Crippen LogP contribution in [0.25, 0.3) is 0 Å². The van der Waals surface area contributed by atoms with Crippen molar-refractivity contribution < 1.29 is 14.5 Å². The van der Waals surface area contributed by atoms with Crippen molar-refractivity contribution >= 4 is 17.5 Å². The minimum atomic E-state index is -0.747. The van der Waals surface area contributed by atoms with Gasteiger partial charge in [-0.1, -0.05) is 13.8 Å². The van der Waals surface area contributed by atoms with Gasteiger partial charge in [0.1, 0.15) is 5.56 Å². The maximum absolute atomic E-state index is 12.1. The number of rotatable bonds is 4. The van der Waals surface area contributed by atoms with Crippen LogP contribution in [0.3, 0.4) is 0 Å². The van der Waals surface area contributed by atoms with Crippen LogP contribution in [0.2, 0.25) is 0 Å². The Hall–Kier alpha value is -3.03. The molecule has 1 saturated heterocycles. The van der Waals surface area contributed by atoms with E-state index >= 15 is 0 Å². The summed E-state index contributed by atoms with van der Waals surface area (Å²) < 4.78 is 4.72. The van der Waals surface area contributed by atoms with Gasteiger partial charge in [-0.05, 0) is 30.7 Å². The largest absolute Gasteiger partial charge is 0.465 e. The van der Waals surface area contributed by atoms with Gasteiger partial charge in [0, 0.05) is 30.0 Å². The average Bonchev–Trinajstić information content (AvgIpc) is 2.59. The lowest BCUT2D eigenvalue weighted by molar-refractivity contribution is -0.384. The first-order valence-electron chi connectivity index (χ1n) is 8.17. The molecular weight excluding hydrogens is 336 g/mol. The van der Waals surface area contributed by atoms with Gasteiger partial charge in [-0.15, -0.1) is 0 Å². The molecule has 8 nitrogen and oxygen atoms in total. The SMILES string of the molecule is COC(=O)c1cc(C)nc(N2CC(C)(C)[C@H]2c2ccncc2)c1[N+](=O)[O-]. The number of ether oxygens (including phenoxy) is 1. The number of esters is 1. The second-order valence-electron chi connectivity index (χ2n) is 7.03. The molecule has 8 heteroatoms. The van der Waals surface area contributed by atoms with Gasteiger partial charge in [0.15, 0.2) is 0 Å². The van der Waals surface area contributed by atoms with E-state index in [9.17, 15) is 14.9 Å². The summed E-state index contributed by atoms with van der Waals surface area (Å²) in [5.74, 6) is -0.555. The Morgan fingerprint density at radius 1 is 1.38 bits per heavy atom. The molecule has 0 unspecified atom stereocenters. The highest BCUT2D eigenvalue weighted by molar-refractivity contribution is 5.96. The van der Waals surface area contributed by atoms with Crippen molar-refractivity contribution in [2.45, 2.75) is 26.8 Å². The van der Waals surface area contributed by atoms with Crippen LogP contribution in [-0.2, 0) is 4.74 Å². The number of carbonyl (C=O) groups is 1. The zero-order chi connectivity index (χ0) is 19.1. The van der Waals surface area contributed by atoms with E-state index in [1.165, 1.54) is 13.2 Å². The second kappa shape index (κ2) is 6.36. The summed E-state index contributed by atoms with van der Waals surface area (Å²) >= 11 is 0. The van der Waals surface area contributed by atoms with E-state index in [0.717, 1.165) is 5.56 Å². The Bertz CT molecular complexity index is 867. The third-order valence-electron chi connectivity index (χ3n) is 4.61. The number of carbonyl (C=O) groups excluding carboxylic acids is 1. The maximum atomic E-state index is 12.1. The highest BCUT2D eigenvalue weighted by Gasteiger charge is 2.49. The molecule has 2 aromatic heterocycles. The van der Waals surface area contributed by atoms with Gasteiger partial charge >= 0.3 is 11.7 Å². The van der Waals surface area contributed by atoms with Crippen molar-refractivity contribution in [3.8, 4) is 0 Å². The minimum absolute atomic E-state index is 0.0850. The molecule has 0 aromatic carbocycles. The molecule has 0 amide bonds. The van der Waals surface area contributed by atoms with Crippen LogP contribution in [0, 0.1) is 22.5 Å². The third-order valence-corrected chi connectivity index (χ3v) is 4.61. The van der Waals surface area contributed by atoms with Crippen molar-refractivity contribution in [2.75, 3.05) is 18.6 Å². The molecule has 136 valence electrons. The molecule has 1 aliphatic rings. The Balaban J connectivity index is 2.16. The van der Waals surface area contributed by atoms with Crippen molar-refractivity contribution in [1.82, 2.24) is 9.97 Å². The summed E-state index contributed by atoms with van der Waals surface area (Å²) in [6.45, 7) is 6.47. The quantitative estimate of drug-likeness (QED) is 0.471. The second-order valence-corrected chi connectivity index (χ2v) is 7.03. The lowest BCUT2D eigenvalue weighted by Crippen LogP contribution is -2.56. The molecule has 0 spiro atoms. The predicted octanol–water partition coefficient (Wildman–Crippen LogP) is 3.07. The molecular formula is C18H20N4O4. The molecule has 0 bridgehead atoms. The number of pyridine rings is 2. The topological polar surface area (TPSA) is 98.5 Å². The minimum Gasteiger partial charge on any atom is -0.465 e. The fourth-order valence-electron chi connectivity index (χ4n) is 3.60. The zero-order valence-corrected chi connectivity index (χ0v) is 15.1. The first kappa shape index (κ1) is 17.8. The molecule has 3 heterocycles. The van der Waals surface area contributed by atoms with E-state index in [-0.39, 0.29) is 28.5 Å². The molecule has 1 atom stereocenters. The summed E-state index contributed by atoms with van der Waals surface area (Å²) in [5.41, 5.74) is 0.999. The Morgan fingerprint density at radius 2 is 2.04 bits per heavy atom. The van der Waals surface area contributed by atoms with E-state index < -0.39 is 10.9 Å². The van der Waals surface area contributed by atoms with Crippen LogP contribution in [-0.4, -0.2) is 34.5 Å². The Kier molecular flexibility index (Phi) is 4.35. The summed E-state index contributed by atoms with van der Waals surface area (Å²) in [7, 11) is 1.20. The Labute approximate surface area is 151 Å². The van der Waals surface area contributed by atoms with E-state index in [1.807, 2.05) is 17.0 Å². The fraction of sp³-hybridized carbons (Fsp3) is 0.389. The van der Waals surface area contributed by atoms with Gasteiger partial charge in [0.05, 0.1) is 18.1 Å². The number of anilines is 1. The molecule has 0 N–H and O–H groups in total. The highest BCUT2D eigenvalue weighted by atomic mass is 16.6. The van der Waals surface area contributed by atoms with Crippen LogP contribution >= 0.6 is 0 Å². The van der Waals surface area contributed by atoms with Crippen molar-refractivity contribution in [3.05, 3.63) is 57.5 Å². The van der Waals surface area contributed by atoms with Gasteiger partial charge < -0.3 is 9.64 Å². The smallest absolute Gasteiger partial charge is 0.345 e. The third kappa shape index (κ3) is 2.87. The zero-order valence-electron chi connectivity index (χ0n) is 15.1. The van der Waals surface area contributed by atoms with E-state index in [2.05, 4.69) is 23.8 Å². The van der Waals surface area contributed by atoms with Crippen molar-refractivity contribution in [3.63, 3.8) is 0 Å². The molecule has 1 fully saturated rings. The van der Waals surface area contributed by atoms with Crippen LogP contribution < -0.4 is 4.90 Å². The van der Waals surface area contributed by atoms with Crippen LogP contribution in [0.1, 0.15) is 41.5 Å². The van der Waals surface area contributed by atoms with E-state index in [4.69, 9.17) is 4.74 Å². The van der Waals surface area contributed by atoms with Crippen LogP contribution in [0.4, 0.5) is 11.5 Å². The number of hydrogen-bond donors (Lipinski definition) is 0. The van der Waals surface area contributed by atoms with Gasteiger partial charge in [-0.2, -0.15) is 0 Å². The van der Waals surface area contributed by atoms with E-state index in [0.29, 0.717) is 12.2 Å². The number of hydrogen-bond acceptors (Lipinski definition) is 7. The van der Waals surface area contributed by atoms with Gasteiger partial charge in [-0.25, -0.2) is 9.78 Å². The molecule has 0 aliphatic carbocycles. The maximum Gasteiger partial charge on any atom is 0.345 e. The molecule has 1 aliphatic heterocycles. The first-order valence-corrected chi connectivity index (χ1v) is 8.17. The summed E-state index contributed by atoms with van der Waals surface area (Å²) in [4.78, 5) is 33.5. The predicted molar refractivity (Wildman–Crippen MR) is 95.1 cm³/mol. The lowest BCUT2D eigenvalue weighted by atomic mass is 9.71. The van der Waals surface area contributed by atoms with Crippen LogP contribution in [0.15, 0.2) is 30.6 Å². The number of methoxy groups -OCH3 is 1. The standard InChI is InChI=1S/C18H20N4O4/c1-11-9-13(17(23)26-4)14(22(24)25)16(20-11)21-10-18(2,3)15(21)12-5-7-19-8-6-12/h5-9,15H,10H2,1-4H3/t15-/m1/s1. The number of nitro groups is 1. The summed E-state index contributed by atoms with van der Waals surface area (Å²) in [6, 6.07) is 5.06. The fourth-order valence-corrected chi connectivity index (χ4v) is 3.60. The van der Waals surface area contributed by atoms with Gasteiger partial charge in [0.2, 0.25) is 5.82 Å². The number of nitrogens with zero attached hydrogens (tertiary/aromatic N) is 4. The van der Waals surface area contributed by atoms with Crippen molar-refractivity contribution in [1.29, 1.82) is 0 Å². The highest BCUT2D eigenvalue weighted by Crippen LogP contribution is 2.52. The van der Waals surface area contributed by atoms with Crippen molar-refractivity contribution in [2.24, 2.45) is 5.41 Å². The molecule has 3 rings (SSSR count). The first-order chi connectivity index (χ1) is 12.3. The lowest BCUT2D eigenvalue weighted by Gasteiger charge is -2.55. The normalized spacial score (nSPS) is 18.2. The Morgan fingerprint density at radius 3 is 2.58 bits per heavy atom. The van der Waals surface area contributed by atoms with Gasteiger partial charge in [-0.3, -0.25) is 15.1 Å². The molecule has 26 heavy (non-hydrogen) atoms. The number of aromatic nitrogens is 2. The summed E-state index contributed by atoms with van der Waals surface area (Å²) in [6.07, 6.45) is 3.39. The molecule has 0 saturated carbocycles. The number of aryl methyl sites for hydroxylation is 1. The van der Waals surface area contributed by atoms with Gasteiger partial charge in [0.25, 0.3) is 0 Å². The van der Waals surface area contributed by atoms with E-state index in [1.54, 1.807) is 19.3 Å². The average molecular weight is 356 g/mol. The molecule has 2 aromatic rings. The summed E-state index contributed by atoms with van der Waals surface area (Å²) in [5, 5.41) is 11.7. The molecule has 0 radical (unpaired) electrons. The monoisotopic (exact) mass is 356 g/mol. The van der Waals surface area contributed by atoms with Crippen LogP contribution in [0.5, 0.6) is 0 Å².